The number of halogens is 2. The van der Waals surface area contributed by atoms with Gasteiger partial charge >= 0.3 is 5.76 Å². The molecule has 120 valence electrons. The topological polar surface area (TPSA) is 46.2 Å². The van der Waals surface area contributed by atoms with Gasteiger partial charge in [-0.2, -0.15) is 8.78 Å². The minimum atomic E-state index is -4.51. The van der Waals surface area contributed by atoms with Crippen LogP contribution >= 0.6 is 0 Å². The lowest BCUT2D eigenvalue weighted by atomic mass is 10.0. The predicted octanol–water partition coefficient (Wildman–Crippen LogP) is 4.31. The highest BCUT2D eigenvalue weighted by Gasteiger charge is 2.26. The van der Waals surface area contributed by atoms with E-state index in [1.54, 1.807) is 0 Å². The molecular formula is C15H23F2NO2S. The fourth-order valence-electron chi connectivity index (χ4n) is 2.03. The zero-order valence-electron chi connectivity index (χ0n) is 12.6. The lowest BCUT2D eigenvalue weighted by molar-refractivity contribution is 0.234. The van der Waals surface area contributed by atoms with Gasteiger partial charge in [-0.05, 0) is 43.5 Å². The third kappa shape index (κ3) is 5.61. The molecule has 1 aromatic rings. The third-order valence-corrected chi connectivity index (χ3v) is 4.65. The Morgan fingerprint density at radius 2 is 1.62 bits per heavy atom. The van der Waals surface area contributed by atoms with E-state index >= 15 is 0 Å². The van der Waals surface area contributed by atoms with Crippen LogP contribution in [0, 0.1) is 5.92 Å². The second kappa shape index (κ2) is 7.73. The molecule has 1 N–H and O–H groups in total. The van der Waals surface area contributed by atoms with Crippen molar-refractivity contribution in [2.45, 2.75) is 56.7 Å². The Morgan fingerprint density at radius 1 is 1.05 bits per heavy atom. The normalized spacial score (nSPS) is 13.7. The summed E-state index contributed by atoms with van der Waals surface area (Å²) in [5, 5.41) is 3.24. The highest BCUT2D eigenvalue weighted by atomic mass is 32.2. The van der Waals surface area contributed by atoms with Crippen LogP contribution in [0.2, 0.25) is 0 Å². The standard InChI is InChI=1S/C15H23F2NO2S/c1-11(2)5-4-6-12(3)18-13-7-9-14(10-8-13)21(19,20)15(16)17/h7-12,15,18H,4-6H2,1-3H3. The minimum absolute atomic E-state index is 0.251. The summed E-state index contributed by atoms with van der Waals surface area (Å²) in [5.41, 5.74) is 0.736. The van der Waals surface area contributed by atoms with Gasteiger partial charge in [0.2, 0.25) is 9.84 Å². The SMILES string of the molecule is CC(C)CCCC(C)Nc1ccc(S(=O)(=O)C(F)F)cc1. The van der Waals surface area contributed by atoms with Gasteiger partial charge in [0.15, 0.2) is 0 Å². The van der Waals surface area contributed by atoms with E-state index in [0.29, 0.717) is 5.92 Å². The van der Waals surface area contributed by atoms with Gasteiger partial charge in [0, 0.05) is 11.7 Å². The molecule has 0 aliphatic carbocycles. The third-order valence-electron chi connectivity index (χ3n) is 3.25. The van der Waals surface area contributed by atoms with E-state index in [2.05, 4.69) is 19.2 Å². The second-order valence-electron chi connectivity index (χ2n) is 5.70. The predicted molar refractivity (Wildman–Crippen MR) is 81.4 cm³/mol. The first kappa shape index (κ1) is 17.9. The van der Waals surface area contributed by atoms with E-state index < -0.39 is 15.6 Å². The van der Waals surface area contributed by atoms with Crippen LogP contribution in [0.15, 0.2) is 29.2 Å². The van der Waals surface area contributed by atoms with Gasteiger partial charge in [-0.15, -0.1) is 0 Å². The highest BCUT2D eigenvalue weighted by Crippen LogP contribution is 2.21. The molecule has 0 aliphatic heterocycles. The van der Waals surface area contributed by atoms with Crippen molar-refractivity contribution in [1.82, 2.24) is 0 Å². The molecule has 0 amide bonds. The summed E-state index contributed by atoms with van der Waals surface area (Å²) < 4.78 is 47.4. The molecule has 3 nitrogen and oxygen atoms in total. The van der Waals surface area contributed by atoms with Crippen LogP contribution in [0.1, 0.15) is 40.0 Å². The van der Waals surface area contributed by atoms with Crippen molar-refractivity contribution in [2.75, 3.05) is 5.32 Å². The second-order valence-corrected chi connectivity index (χ2v) is 7.62. The van der Waals surface area contributed by atoms with Gasteiger partial charge in [0.25, 0.3) is 0 Å². The van der Waals surface area contributed by atoms with E-state index in [0.717, 1.165) is 24.9 Å². The van der Waals surface area contributed by atoms with Crippen molar-refractivity contribution >= 4 is 15.5 Å². The summed E-state index contributed by atoms with van der Waals surface area (Å²) in [6.45, 7) is 6.41. The van der Waals surface area contributed by atoms with E-state index in [4.69, 9.17) is 0 Å². The maximum atomic E-state index is 12.4. The Hall–Kier alpha value is -1.17. The summed E-state index contributed by atoms with van der Waals surface area (Å²) in [4.78, 5) is -0.351. The fourth-order valence-corrected chi connectivity index (χ4v) is 2.75. The maximum absolute atomic E-state index is 12.4. The summed E-state index contributed by atoms with van der Waals surface area (Å²) in [7, 11) is -4.51. The van der Waals surface area contributed by atoms with Crippen LogP contribution in [0.5, 0.6) is 0 Å². The van der Waals surface area contributed by atoms with E-state index in [9.17, 15) is 17.2 Å². The summed E-state index contributed by atoms with van der Waals surface area (Å²) in [5.74, 6) is -2.71. The van der Waals surface area contributed by atoms with Crippen LogP contribution in [0.3, 0.4) is 0 Å². The molecule has 0 radical (unpaired) electrons. The largest absolute Gasteiger partial charge is 0.383 e. The maximum Gasteiger partial charge on any atom is 0.341 e. The van der Waals surface area contributed by atoms with Gasteiger partial charge in [-0.3, -0.25) is 0 Å². The molecule has 0 aromatic heterocycles. The molecule has 1 unspecified atom stereocenters. The lowest BCUT2D eigenvalue weighted by Crippen LogP contribution is -2.15. The number of benzene rings is 1. The Kier molecular flexibility index (Phi) is 6.58. The van der Waals surface area contributed by atoms with E-state index in [1.807, 2.05) is 6.92 Å². The zero-order chi connectivity index (χ0) is 16.0. The van der Waals surface area contributed by atoms with Crippen LogP contribution < -0.4 is 5.32 Å². The fraction of sp³-hybridized carbons (Fsp3) is 0.600. The number of hydrogen-bond acceptors (Lipinski definition) is 3. The van der Waals surface area contributed by atoms with E-state index in [1.165, 1.54) is 24.3 Å². The molecule has 21 heavy (non-hydrogen) atoms. The molecule has 0 spiro atoms. The van der Waals surface area contributed by atoms with Crippen LogP contribution in [0.4, 0.5) is 14.5 Å². The molecule has 6 heteroatoms. The quantitative estimate of drug-likeness (QED) is 0.776. The summed E-state index contributed by atoms with van der Waals surface area (Å²) in [6.07, 6.45) is 3.29. The molecular weight excluding hydrogens is 296 g/mol. The number of rotatable bonds is 8. The monoisotopic (exact) mass is 319 g/mol. The molecule has 1 atom stereocenters. The lowest BCUT2D eigenvalue weighted by Gasteiger charge is -2.16. The smallest absolute Gasteiger partial charge is 0.341 e. The average Bonchev–Trinajstić information content (AvgIpc) is 2.38. The Labute approximate surface area is 125 Å². The molecule has 0 heterocycles. The summed E-state index contributed by atoms with van der Waals surface area (Å²) in [6, 6.07) is 5.72. The molecule has 0 saturated heterocycles. The van der Waals surface area contributed by atoms with E-state index in [-0.39, 0.29) is 10.9 Å². The number of anilines is 1. The van der Waals surface area contributed by atoms with Crippen molar-refractivity contribution in [3.63, 3.8) is 0 Å². The minimum Gasteiger partial charge on any atom is -0.383 e. The number of nitrogens with one attached hydrogen (secondary N) is 1. The first-order chi connectivity index (χ1) is 9.73. The number of sulfone groups is 1. The Morgan fingerprint density at radius 3 is 2.10 bits per heavy atom. The van der Waals surface area contributed by atoms with Crippen LogP contribution in [0.25, 0.3) is 0 Å². The highest BCUT2D eigenvalue weighted by molar-refractivity contribution is 7.91. The summed E-state index contributed by atoms with van der Waals surface area (Å²) >= 11 is 0. The van der Waals surface area contributed by atoms with Gasteiger partial charge in [-0.25, -0.2) is 8.42 Å². The van der Waals surface area contributed by atoms with Gasteiger partial charge < -0.3 is 5.32 Å². The number of alkyl halides is 2. The van der Waals surface area contributed by atoms with Crippen molar-refractivity contribution in [3.05, 3.63) is 24.3 Å². The Balaban J connectivity index is 2.59. The molecule has 0 bridgehead atoms. The molecule has 0 fully saturated rings. The van der Waals surface area contributed by atoms with Crippen LogP contribution in [-0.4, -0.2) is 20.2 Å². The van der Waals surface area contributed by atoms with Gasteiger partial charge in [0.1, 0.15) is 0 Å². The van der Waals surface area contributed by atoms with Crippen molar-refractivity contribution in [1.29, 1.82) is 0 Å². The first-order valence-corrected chi connectivity index (χ1v) is 8.66. The molecule has 1 aromatic carbocycles. The molecule has 0 saturated carbocycles. The molecule has 1 rings (SSSR count). The first-order valence-electron chi connectivity index (χ1n) is 7.12. The Bertz CT molecular complexity index is 527. The molecule has 0 aliphatic rings. The van der Waals surface area contributed by atoms with Gasteiger partial charge in [-0.1, -0.05) is 26.7 Å². The van der Waals surface area contributed by atoms with Crippen molar-refractivity contribution < 1.29 is 17.2 Å². The van der Waals surface area contributed by atoms with Gasteiger partial charge in [0.05, 0.1) is 4.90 Å². The average molecular weight is 319 g/mol. The number of hydrogen-bond donors (Lipinski definition) is 1. The van der Waals surface area contributed by atoms with Crippen molar-refractivity contribution in [2.24, 2.45) is 5.92 Å². The zero-order valence-corrected chi connectivity index (χ0v) is 13.5. The van der Waals surface area contributed by atoms with Crippen LogP contribution in [-0.2, 0) is 9.84 Å². The van der Waals surface area contributed by atoms with Crippen molar-refractivity contribution in [3.8, 4) is 0 Å².